The first kappa shape index (κ1) is 10.8. The Morgan fingerprint density at radius 1 is 1.06 bits per heavy atom. The summed E-state index contributed by atoms with van der Waals surface area (Å²) >= 11 is 0. The number of hydrogen-bond acceptors (Lipinski definition) is 5. The lowest BCUT2D eigenvalue weighted by molar-refractivity contribution is 0.171. The molecule has 1 aromatic heterocycles. The van der Waals surface area contributed by atoms with Crippen molar-refractivity contribution in [2.45, 2.75) is 6.92 Å². The molecule has 2 N–H and O–H groups in total. The molecule has 5 nitrogen and oxygen atoms in total. The first-order chi connectivity index (χ1) is 8.74. The molecule has 1 aliphatic rings. The number of aryl methyl sites for hydroxylation is 1. The summed E-state index contributed by atoms with van der Waals surface area (Å²) in [6.45, 7) is 3.17. The normalized spacial score (nSPS) is 13.4. The standard InChI is InChI=1S/C13H13N3O2/c1-8-4-11-12(18-3-2-17-11)5-9(8)10-6-13(14)16-7-15-10/h4-7H,2-3H2,1H3,(H2,14,15,16). The molecule has 0 amide bonds. The lowest BCUT2D eigenvalue weighted by Gasteiger charge is -2.20. The maximum atomic E-state index is 5.68. The van der Waals surface area contributed by atoms with Crippen LogP contribution in [0.25, 0.3) is 11.3 Å². The molecule has 0 fully saturated rings. The van der Waals surface area contributed by atoms with Crippen LogP contribution in [0, 0.1) is 6.92 Å². The van der Waals surface area contributed by atoms with Gasteiger partial charge in [0, 0.05) is 11.6 Å². The Balaban J connectivity index is 2.12. The number of benzene rings is 1. The molecule has 0 aliphatic carbocycles. The fourth-order valence-electron chi connectivity index (χ4n) is 1.99. The summed E-state index contributed by atoms with van der Waals surface area (Å²) in [7, 11) is 0. The van der Waals surface area contributed by atoms with Crippen LogP contribution in [0.3, 0.4) is 0 Å². The van der Waals surface area contributed by atoms with E-state index in [2.05, 4.69) is 9.97 Å². The molecule has 18 heavy (non-hydrogen) atoms. The van der Waals surface area contributed by atoms with E-state index in [-0.39, 0.29) is 0 Å². The molecule has 3 rings (SSSR count). The summed E-state index contributed by atoms with van der Waals surface area (Å²) in [6.07, 6.45) is 1.46. The zero-order valence-corrected chi connectivity index (χ0v) is 10.0. The Bertz CT molecular complexity index is 599. The lowest BCUT2D eigenvalue weighted by Crippen LogP contribution is -2.15. The number of nitrogens with two attached hydrogens (primary N) is 1. The quantitative estimate of drug-likeness (QED) is 0.827. The third-order valence-electron chi connectivity index (χ3n) is 2.85. The zero-order chi connectivity index (χ0) is 12.5. The number of hydrogen-bond donors (Lipinski definition) is 1. The molecule has 0 spiro atoms. The predicted molar refractivity (Wildman–Crippen MR) is 67.6 cm³/mol. The van der Waals surface area contributed by atoms with Gasteiger partial charge in [0.05, 0.1) is 5.69 Å². The molecule has 2 aromatic rings. The van der Waals surface area contributed by atoms with Gasteiger partial charge in [-0.3, -0.25) is 0 Å². The van der Waals surface area contributed by atoms with E-state index < -0.39 is 0 Å². The topological polar surface area (TPSA) is 70.3 Å². The molecule has 1 aliphatic heterocycles. The summed E-state index contributed by atoms with van der Waals surface area (Å²) < 4.78 is 11.1. The van der Waals surface area contributed by atoms with Crippen molar-refractivity contribution >= 4 is 5.82 Å². The van der Waals surface area contributed by atoms with E-state index in [1.54, 1.807) is 6.07 Å². The van der Waals surface area contributed by atoms with Gasteiger partial charge in [-0.25, -0.2) is 9.97 Å². The van der Waals surface area contributed by atoms with Gasteiger partial charge in [0.2, 0.25) is 0 Å². The number of nitrogen functional groups attached to an aromatic ring is 1. The highest BCUT2D eigenvalue weighted by atomic mass is 16.6. The van der Waals surface area contributed by atoms with E-state index in [1.165, 1.54) is 6.33 Å². The van der Waals surface area contributed by atoms with Crippen molar-refractivity contribution in [2.75, 3.05) is 18.9 Å². The van der Waals surface area contributed by atoms with Crippen molar-refractivity contribution in [1.29, 1.82) is 0 Å². The average Bonchev–Trinajstić information content (AvgIpc) is 2.38. The Morgan fingerprint density at radius 2 is 1.78 bits per heavy atom. The van der Waals surface area contributed by atoms with Crippen LogP contribution in [0.15, 0.2) is 24.5 Å². The van der Waals surface area contributed by atoms with Crippen LogP contribution in [0.4, 0.5) is 5.82 Å². The third kappa shape index (κ3) is 1.84. The molecule has 2 heterocycles. The van der Waals surface area contributed by atoms with E-state index in [9.17, 15) is 0 Å². The minimum absolute atomic E-state index is 0.453. The van der Waals surface area contributed by atoms with Gasteiger partial charge in [-0.15, -0.1) is 0 Å². The summed E-state index contributed by atoms with van der Waals surface area (Å²) in [6, 6.07) is 5.64. The van der Waals surface area contributed by atoms with Crippen molar-refractivity contribution in [3.05, 3.63) is 30.1 Å². The monoisotopic (exact) mass is 243 g/mol. The van der Waals surface area contributed by atoms with Crippen molar-refractivity contribution < 1.29 is 9.47 Å². The molecule has 1 aromatic carbocycles. The molecule has 0 unspecified atom stereocenters. The fourth-order valence-corrected chi connectivity index (χ4v) is 1.99. The van der Waals surface area contributed by atoms with Gasteiger partial charge in [-0.05, 0) is 24.6 Å². The van der Waals surface area contributed by atoms with Crippen molar-refractivity contribution in [1.82, 2.24) is 9.97 Å². The highest BCUT2D eigenvalue weighted by Gasteiger charge is 2.15. The SMILES string of the molecule is Cc1cc2c(cc1-c1cc(N)ncn1)OCCO2. The third-order valence-corrected chi connectivity index (χ3v) is 2.85. The van der Waals surface area contributed by atoms with Crippen LogP contribution in [0.2, 0.25) is 0 Å². The van der Waals surface area contributed by atoms with Crippen molar-refractivity contribution in [2.24, 2.45) is 0 Å². The number of fused-ring (bicyclic) bond motifs is 1. The first-order valence-electron chi connectivity index (χ1n) is 5.72. The van der Waals surface area contributed by atoms with Gasteiger partial charge in [0.1, 0.15) is 25.4 Å². The van der Waals surface area contributed by atoms with Crippen molar-refractivity contribution in [3.63, 3.8) is 0 Å². The lowest BCUT2D eigenvalue weighted by atomic mass is 10.0. The van der Waals surface area contributed by atoms with Crippen LogP contribution < -0.4 is 15.2 Å². The second-order valence-corrected chi connectivity index (χ2v) is 4.14. The largest absolute Gasteiger partial charge is 0.486 e. The maximum Gasteiger partial charge on any atom is 0.162 e. The van der Waals surface area contributed by atoms with Crippen LogP contribution in [-0.4, -0.2) is 23.2 Å². The number of nitrogens with zero attached hydrogens (tertiary/aromatic N) is 2. The second-order valence-electron chi connectivity index (χ2n) is 4.14. The predicted octanol–water partition coefficient (Wildman–Crippen LogP) is 1.81. The molecule has 0 saturated heterocycles. The Morgan fingerprint density at radius 3 is 2.50 bits per heavy atom. The zero-order valence-electron chi connectivity index (χ0n) is 10.0. The minimum atomic E-state index is 0.453. The molecule has 0 atom stereocenters. The molecule has 92 valence electrons. The van der Waals surface area contributed by atoms with E-state index in [0.717, 1.165) is 28.3 Å². The van der Waals surface area contributed by atoms with Gasteiger partial charge < -0.3 is 15.2 Å². The second kappa shape index (κ2) is 4.18. The molecular weight excluding hydrogens is 230 g/mol. The summed E-state index contributed by atoms with van der Waals surface area (Å²) in [4.78, 5) is 8.13. The van der Waals surface area contributed by atoms with Gasteiger partial charge >= 0.3 is 0 Å². The highest BCUT2D eigenvalue weighted by Crippen LogP contribution is 2.36. The van der Waals surface area contributed by atoms with Gasteiger partial charge in [-0.1, -0.05) is 0 Å². The molecular formula is C13H13N3O2. The van der Waals surface area contributed by atoms with Gasteiger partial charge in [-0.2, -0.15) is 0 Å². The fraction of sp³-hybridized carbons (Fsp3) is 0.231. The number of aromatic nitrogens is 2. The smallest absolute Gasteiger partial charge is 0.162 e. The highest BCUT2D eigenvalue weighted by molar-refractivity contribution is 5.69. The Labute approximate surface area is 105 Å². The van der Waals surface area contributed by atoms with Gasteiger partial charge in [0.25, 0.3) is 0 Å². The number of anilines is 1. The maximum absolute atomic E-state index is 5.68. The number of ether oxygens (including phenoxy) is 2. The number of rotatable bonds is 1. The molecule has 0 radical (unpaired) electrons. The summed E-state index contributed by atoms with van der Waals surface area (Å²) in [5.41, 5.74) is 8.51. The first-order valence-corrected chi connectivity index (χ1v) is 5.72. The molecule has 0 bridgehead atoms. The molecule has 0 saturated carbocycles. The van der Waals surface area contributed by atoms with Gasteiger partial charge in [0.15, 0.2) is 11.5 Å². The Hall–Kier alpha value is -2.30. The van der Waals surface area contributed by atoms with Crippen molar-refractivity contribution in [3.8, 4) is 22.8 Å². The summed E-state index contributed by atoms with van der Waals surface area (Å²) in [5.74, 6) is 1.98. The molecule has 5 heteroatoms. The minimum Gasteiger partial charge on any atom is -0.486 e. The summed E-state index contributed by atoms with van der Waals surface area (Å²) in [5, 5.41) is 0. The van der Waals surface area contributed by atoms with Crippen LogP contribution in [-0.2, 0) is 0 Å². The van der Waals surface area contributed by atoms with E-state index in [4.69, 9.17) is 15.2 Å². The van der Waals surface area contributed by atoms with Crippen LogP contribution in [0.1, 0.15) is 5.56 Å². The van der Waals surface area contributed by atoms with E-state index in [1.807, 2.05) is 19.1 Å². The van der Waals surface area contributed by atoms with E-state index in [0.29, 0.717) is 19.0 Å². The van der Waals surface area contributed by atoms with Crippen LogP contribution in [0.5, 0.6) is 11.5 Å². The van der Waals surface area contributed by atoms with Crippen LogP contribution >= 0.6 is 0 Å². The average molecular weight is 243 g/mol. The van der Waals surface area contributed by atoms with E-state index >= 15 is 0 Å². The Kier molecular flexibility index (Phi) is 2.51.